The Kier molecular flexibility index (Phi) is 4.34. The predicted molar refractivity (Wildman–Crippen MR) is 87.8 cm³/mol. The first-order valence-corrected chi connectivity index (χ1v) is 7.81. The second-order valence-electron chi connectivity index (χ2n) is 5.83. The van der Waals surface area contributed by atoms with E-state index in [0.29, 0.717) is 5.57 Å². The lowest BCUT2D eigenvalue weighted by molar-refractivity contribution is -0.140. The molecule has 0 spiro atoms. The van der Waals surface area contributed by atoms with Gasteiger partial charge >= 0.3 is 5.97 Å². The van der Waals surface area contributed by atoms with E-state index in [1.54, 1.807) is 0 Å². The zero-order valence-electron chi connectivity index (χ0n) is 13.4. The van der Waals surface area contributed by atoms with Crippen LogP contribution < -0.4 is 15.5 Å². The Morgan fingerprint density at radius 2 is 1.91 bits per heavy atom. The molecule has 2 aliphatic heterocycles. The highest BCUT2D eigenvalue weighted by Crippen LogP contribution is 2.30. The Morgan fingerprint density at radius 1 is 1.26 bits per heavy atom. The zero-order valence-corrected chi connectivity index (χ0v) is 13.4. The lowest BCUT2D eigenvalue weighted by atomic mass is 10.0. The maximum atomic E-state index is 12.1. The van der Waals surface area contributed by atoms with Crippen LogP contribution in [-0.4, -0.2) is 44.3 Å². The minimum atomic E-state index is -0.664. The van der Waals surface area contributed by atoms with Gasteiger partial charge in [0, 0.05) is 44.4 Å². The number of hydrogen-bond donors (Lipinski definition) is 2. The third-order valence-electron chi connectivity index (χ3n) is 4.19. The van der Waals surface area contributed by atoms with Crippen LogP contribution in [-0.2, 0) is 14.3 Å². The van der Waals surface area contributed by atoms with E-state index in [9.17, 15) is 9.59 Å². The molecule has 0 aromatic heterocycles. The highest BCUT2D eigenvalue weighted by molar-refractivity contribution is 6.19. The van der Waals surface area contributed by atoms with E-state index in [4.69, 9.17) is 4.74 Å². The van der Waals surface area contributed by atoms with Crippen LogP contribution in [0.1, 0.15) is 19.4 Å². The second-order valence-corrected chi connectivity index (χ2v) is 5.83. The Hall–Kier alpha value is -2.34. The summed E-state index contributed by atoms with van der Waals surface area (Å²) in [4.78, 5) is 25.6. The van der Waals surface area contributed by atoms with Gasteiger partial charge in [-0.1, -0.05) is 12.1 Å². The van der Waals surface area contributed by atoms with E-state index < -0.39 is 12.2 Å². The minimum Gasteiger partial charge on any atom is -0.434 e. The normalized spacial score (nSPS) is 21.4. The predicted octanol–water partition coefficient (Wildman–Crippen LogP) is 0.889. The van der Waals surface area contributed by atoms with Crippen LogP contribution in [0.3, 0.4) is 0 Å². The van der Waals surface area contributed by atoms with Crippen molar-refractivity contribution in [2.24, 2.45) is 0 Å². The van der Waals surface area contributed by atoms with Crippen molar-refractivity contribution >= 4 is 23.1 Å². The Bertz CT molecular complexity index is 646. The van der Waals surface area contributed by atoms with Crippen LogP contribution in [0, 0.1) is 0 Å². The van der Waals surface area contributed by atoms with E-state index in [-0.39, 0.29) is 5.91 Å². The molecular formula is C17H21N3O3. The van der Waals surface area contributed by atoms with Crippen molar-refractivity contribution in [3.63, 3.8) is 0 Å². The number of carbonyl (C=O) groups excluding carboxylic acids is 2. The molecule has 2 heterocycles. The number of hydrogen-bond acceptors (Lipinski definition) is 5. The molecule has 3 rings (SSSR count). The number of benzene rings is 1. The van der Waals surface area contributed by atoms with Crippen molar-refractivity contribution in [3.8, 4) is 0 Å². The maximum Gasteiger partial charge on any atom is 0.341 e. The molecule has 1 aromatic carbocycles. The maximum absolute atomic E-state index is 12.1. The summed E-state index contributed by atoms with van der Waals surface area (Å²) in [6.45, 7) is 7.14. The summed E-state index contributed by atoms with van der Waals surface area (Å²) in [5.74, 6) is -0.617. The molecule has 1 atom stereocenters. The second kappa shape index (κ2) is 6.42. The fourth-order valence-electron chi connectivity index (χ4n) is 2.98. The number of nitrogens with zero attached hydrogens (tertiary/aromatic N) is 1. The van der Waals surface area contributed by atoms with E-state index in [2.05, 4.69) is 15.5 Å². The number of carbonyl (C=O) groups is 2. The molecule has 2 N–H and O–H groups in total. The summed E-state index contributed by atoms with van der Waals surface area (Å²) < 4.78 is 5.23. The summed E-state index contributed by atoms with van der Waals surface area (Å²) in [6, 6.07) is 7.93. The molecule has 0 bridgehead atoms. The molecule has 1 fully saturated rings. The lowest BCUT2D eigenvalue weighted by Crippen LogP contribution is -2.43. The van der Waals surface area contributed by atoms with Crippen LogP contribution in [0.4, 0.5) is 5.69 Å². The molecule has 6 heteroatoms. The van der Waals surface area contributed by atoms with E-state index in [1.165, 1.54) is 6.92 Å². The molecule has 6 nitrogen and oxygen atoms in total. The average Bonchev–Trinajstić information content (AvgIpc) is 2.82. The summed E-state index contributed by atoms with van der Waals surface area (Å²) in [5, 5.41) is 5.96. The number of anilines is 1. The first kappa shape index (κ1) is 15.6. The summed E-state index contributed by atoms with van der Waals surface area (Å²) in [5.41, 5.74) is 3.24. The third-order valence-corrected chi connectivity index (χ3v) is 4.19. The van der Waals surface area contributed by atoms with Gasteiger partial charge in [0.2, 0.25) is 5.91 Å². The van der Waals surface area contributed by atoms with Gasteiger partial charge in [0.1, 0.15) is 0 Å². The number of amides is 1. The van der Waals surface area contributed by atoms with Gasteiger partial charge in [-0.15, -0.1) is 0 Å². The van der Waals surface area contributed by atoms with Crippen molar-refractivity contribution in [3.05, 3.63) is 35.4 Å². The quantitative estimate of drug-likeness (QED) is 0.811. The van der Waals surface area contributed by atoms with Crippen LogP contribution in [0.15, 0.2) is 29.8 Å². The molecule has 0 saturated carbocycles. The molecule has 23 heavy (non-hydrogen) atoms. The standard InChI is InChI=1S/C17H21N3O3/c1-11-15(17(22)23-16(11)19-12(2)21)13-3-5-14(6-4-13)20-9-7-18-8-10-20/h3-6,16,18H,7-10H2,1-2H3,(H,19,21)/t16-/m1/s1. The van der Waals surface area contributed by atoms with Crippen LogP contribution >= 0.6 is 0 Å². The van der Waals surface area contributed by atoms with Crippen molar-refractivity contribution in [1.29, 1.82) is 0 Å². The smallest absolute Gasteiger partial charge is 0.341 e. The topological polar surface area (TPSA) is 70.7 Å². The van der Waals surface area contributed by atoms with Gasteiger partial charge < -0.3 is 20.3 Å². The van der Waals surface area contributed by atoms with Gasteiger partial charge in [0.25, 0.3) is 0 Å². The summed E-state index contributed by atoms with van der Waals surface area (Å²) in [6.07, 6.45) is -0.664. The Morgan fingerprint density at radius 3 is 2.52 bits per heavy atom. The van der Waals surface area contributed by atoms with Gasteiger partial charge in [-0.05, 0) is 24.6 Å². The first-order valence-electron chi connectivity index (χ1n) is 7.81. The molecule has 122 valence electrons. The Balaban J connectivity index is 1.82. The molecule has 1 aromatic rings. The Labute approximate surface area is 135 Å². The highest BCUT2D eigenvalue weighted by Gasteiger charge is 2.32. The summed E-state index contributed by atoms with van der Waals surface area (Å²) >= 11 is 0. The largest absolute Gasteiger partial charge is 0.434 e. The van der Waals surface area contributed by atoms with Gasteiger partial charge in [0.05, 0.1) is 5.57 Å². The molecule has 0 aliphatic carbocycles. The highest BCUT2D eigenvalue weighted by atomic mass is 16.6. The molecule has 2 aliphatic rings. The van der Waals surface area contributed by atoms with E-state index >= 15 is 0 Å². The first-order chi connectivity index (χ1) is 11.1. The molecular weight excluding hydrogens is 294 g/mol. The molecule has 1 saturated heterocycles. The van der Waals surface area contributed by atoms with Crippen LogP contribution in [0.2, 0.25) is 0 Å². The third kappa shape index (κ3) is 3.22. The number of rotatable bonds is 3. The minimum absolute atomic E-state index is 0.225. The molecule has 0 unspecified atom stereocenters. The van der Waals surface area contributed by atoms with Crippen LogP contribution in [0.5, 0.6) is 0 Å². The SMILES string of the molecule is CC(=O)N[C@@H]1OC(=O)C(c2ccc(N3CCNCC3)cc2)=C1C. The van der Waals surface area contributed by atoms with E-state index in [1.807, 2.05) is 31.2 Å². The van der Waals surface area contributed by atoms with Gasteiger partial charge in [0.15, 0.2) is 6.23 Å². The number of piperazine rings is 1. The van der Waals surface area contributed by atoms with Crippen molar-refractivity contribution in [1.82, 2.24) is 10.6 Å². The summed E-state index contributed by atoms with van der Waals surface area (Å²) in [7, 11) is 0. The van der Waals surface area contributed by atoms with Gasteiger partial charge in [-0.3, -0.25) is 4.79 Å². The fourth-order valence-corrected chi connectivity index (χ4v) is 2.98. The molecule has 1 amide bonds. The van der Waals surface area contributed by atoms with Gasteiger partial charge in [-0.2, -0.15) is 0 Å². The lowest BCUT2D eigenvalue weighted by Gasteiger charge is -2.29. The zero-order chi connectivity index (χ0) is 16.4. The average molecular weight is 315 g/mol. The number of ether oxygens (including phenoxy) is 1. The number of esters is 1. The number of cyclic esters (lactones) is 1. The monoisotopic (exact) mass is 315 g/mol. The van der Waals surface area contributed by atoms with Crippen molar-refractivity contribution in [2.45, 2.75) is 20.1 Å². The molecule has 0 radical (unpaired) electrons. The van der Waals surface area contributed by atoms with Crippen LogP contribution in [0.25, 0.3) is 5.57 Å². The van der Waals surface area contributed by atoms with Crippen molar-refractivity contribution < 1.29 is 14.3 Å². The van der Waals surface area contributed by atoms with Gasteiger partial charge in [-0.25, -0.2) is 4.79 Å². The van der Waals surface area contributed by atoms with Crippen molar-refractivity contribution in [2.75, 3.05) is 31.1 Å². The van der Waals surface area contributed by atoms with E-state index in [0.717, 1.165) is 43.0 Å². The fraction of sp³-hybridized carbons (Fsp3) is 0.412. The number of nitrogens with one attached hydrogen (secondary N) is 2.